The van der Waals surface area contributed by atoms with E-state index in [0.29, 0.717) is 30.6 Å². The number of likely N-dealkylation sites (tertiary alicyclic amines) is 2. The van der Waals surface area contributed by atoms with E-state index in [1.54, 1.807) is 56.6 Å². The van der Waals surface area contributed by atoms with Crippen molar-refractivity contribution in [3.05, 3.63) is 71.9 Å². The van der Waals surface area contributed by atoms with Gasteiger partial charge in [0.1, 0.15) is 78.5 Å². The summed E-state index contributed by atoms with van der Waals surface area (Å²) in [4.78, 5) is 236. The molecule has 16 atom stereocenters. The van der Waals surface area contributed by atoms with Gasteiger partial charge in [-0.1, -0.05) is 62.4 Å². The maximum atomic E-state index is 14.3. The van der Waals surface area contributed by atoms with Crippen LogP contribution < -0.4 is 86.3 Å². The van der Waals surface area contributed by atoms with Gasteiger partial charge in [-0.25, -0.2) is 4.79 Å². The minimum atomic E-state index is -1.93. The van der Waals surface area contributed by atoms with Gasteiger partial charge < -0.3 is 122 Å². The zero-order valence-corrected chi connectivity index (χ0v) is 68.5. The summed E-state index contributed by atoms with van der Waals surface area (Å²) in [6.07, 6.45) is 0.874. The summed E-state index contributed by atoms with van der Waals surface area (Å²) in [5.74, 6) is -17.3. The number of H-pyrrole nitrogens is 1. The van der Waals surface area contributed by atoms with Crippen LogP contribution in [-0.4, -0.2) is 295 Å². The second-order valence-corrected chi connectivity index (χ2v) is 30.5. The van der Waals surface area contributed by atoms with Gasteiger partial charge in [0, 0.05) is 48.1 Å². The molecule has 117 heavy (non-hydrogen) atoms. The molecule has 2 aromatic carbocycles. The summed E-state index contributed by atoms with van der Waals surface area (Å²) in [5.41, 5.74) is 19.5. The number of aliphatic hydroxyl groups excluding tert-OH is 3. The van der Waals surface area contributed by atoms with E-state index in [1.807, 2.05) is 24.3 Å². The maximum Gasteiger partial charge on any atom is 0.327 e. The smallest absolute Gasteiger partial charge is 0.327 e. The maximum absolute atomic E-state index is 14.3. The number of rotatable bonds is 48. The van der Waals surface area contributed by atoms with Crippen LogP contribution in [0, 0.1) is 5.92 Å². The van der Waals surface area contributed by atoms with Crippen molar-refractivity contribution in [3.8, 4) is 0 Å². The fourth-order valence-electron chi connectivity index (χ4n) is 12.9. The monoisotopic (exact) mass is 1700 g/mol. The number of benzene rings is 2. The molecule has 1 aromatic heterocycles. The number of thioether (sulfide) groups is 1. The number of primary amides is 1. The molecule has 24 N–H and O–H groups in total. The number of aliphatic carboxylic acids is 1. The van der Waals surface area contributed by atoms with Crippen molar-refractivity contribution in [3.63, 3.8) is 0 Å². The van der Waals surface area contributed by atoms with Crippen molar-refractivity contribution in [1.29, 1.82) is 0 Å². The minimum Gasteiger partial charge on any atom is -0.480 e. The first-order valence-corrected chi connectivity index (χ1v) is 40.9. The Morgan fingerprint density at radius 3 is 1.66 bits per heavy atom. The molecule has 2 aliphatic heterocycles. The number of nitrogens with two attached hydrogens (primary N) is 3. The van der Waals surface area contributed by atoms with Crippen LogP contribution >= 0.6 is 37.0 Å². The third-order valence-electron chi connectivity index (χ3n) is 19.3. The fourth-order valence-corrected chi connectivity index (χ4v) is 13.8. The lowest BCUT2D eigenvalue weighted by Crippen LogP contribution is -2.62. The summed E-state index contributed by atoms with van der Waals surface area (Å²) in [5, 5.41) is 73.6. The number of fused-ring (bicyclic) bond motifs is 1. The van der Waals surface area contributed by atoms with Crippen molar-refractivity contribution in [1.82, 2.24) is 83.9 Å². The molecule has 3 aromatic rings. The van der Waals surface area contributed by atoms with Crippen molar-refractivity contribution < 1.29 is 102 Å². The summed E-state index contributed by atoms with van der Waals surface area (Å²) in [7, 11) is 0. The van der Waals surface area contributed by atoms with Gasteiger partial charge in [-0.2, -0.15) is 37.0 Å². The average Bonchev–Trinajstić information content (AvgIpc) is 1.67. The predicted molar refractivity (Wildman–Crippen MR) is 433 cm³/mol. The second-order valence-electron chi connectivity index (χ2n) is 28.8. The van der Waals surface area contributed by atoms with Gasteiger partial charge in [0.15, 0.2) is 0 Å². The molecule has 0 unspecified atom stereocenters. The fraction of sp³-hybridized carbons (Fsp3) is 0.581. The summed E-state index contributed by atoms with van der Waals surface area (Å²) in [6.45, 7) is 4.41. The van der Waals surface area contributed by atoms with Gasteiger partial charge in [0.2, 0.25) is 94.5 Å². The molecule has 2 saturated heterocycles. The quantitative estimate of drug-likeness (QED) is 0.0185. The number of amides is 16. The Labute approximate surface area is 690 Å². The SMILES string of the molecule is CSCC[C@H](NC(=O)[C@@H](N)Cc1c[nH]c2ccccc12)C(=O)N[C@@H](CC(N)=O)C(=O)N[C@@H](CO)C(=O)N[C@H](C(=O)NCC(=O)N[C@@H](Cc1ccccc1)C(=O)N[C@H](C(=O)N[C@@H](CCCCN)C(=O)N[C@H](C(=O)N[C@@H](CS)C(=O)NCC(=O)N[C@@H](C)C(=O)N1CCC[C@H]1C(=O)N1CCC[C@H]1C(=O)N[C@@H](CS)C(=O)O)C(C)C)[C@@H](C)O)[C@@H](C)O. The van der Waals surface area contributed by atoms with Crippen LogP contribution in [0.3, 0.4) is 0 Å². The number of thiol groups is 2. The Bertz CT molecular complexity index is 3970. The number of aromatic nitrogens is 1. The minimum absolute atomic E-state index is 0.0322. The van der Waals surface area contributed by atoms with Crippen LogP contribution in [0.2, 0.25) is 0 Å². The van der Waals surface area contributed by atoms with Gasteiger partial charge in [-0.15, -0.1) is 0 Å². The number of carboxylic acid groups (broad SMARTS) is 1. The molecular weight excluding hydrogens is 1590 g/mol. The molecule has 16 amide bonds. The molecule has 0 spiro atoms. The molecule has 0 saturated carbocycles. The number of unbranched alkanes of at least 4 members (excludes halogenated alkanes) is 1. The Morgan fingerprint density at radius 2 is 1.06 bits per heavy atom. The Morgan fingerprint density at radius 1 is 0.547 bits per heavy atom. The third kappa shape index (κ3) is 30.1. The van der Waals surface area contributed by atoms with Gasteiger partial charge in [-0.05, 0) is 120 Å². The number of carboxylic acids is 1. The Hall–Kier alpha value is -10.2. The van der Waals surface area contributed by atoms with Crippen molar-refractivity contribution >= 4 is 148 Å². The van der Waals surface area contributed by atoms with Gasteiger partial charge >= 0.3 is 5.97 Å². The highest BCUT2D eigenvalue weighted by Crippen LogP contribution is 2.27. The van der Waals surface area contributed by atoms with E-state index in [0.717, 1.165) is 30.3 Å². The second kappa shape index (κ2) is 48.5. The van der Waals surface area contributed by atoms with Crippen LogP contribution in [0.25, 0.3) is 10.9 Å². The van der Waals surface area contributed by atoms with Crippen molar-refractivity contribution in [2.45, 2.75) is 202 Å². The lowest BCUT2D eigenvalue weighted by Gasteiger charge is -2.32. The molecule has 43 heteroatoms. The molecular formula is C74H111N19O21S3. The molecule has 0 bridgehead atoms. The Kier molecular flexibility index (Phi) is 40.4. The Balaban J connectivity index is 1.18. The largest absolute Gasteiger partial charge is 0.480 e. The molecule has 40 nitrogen and oxygen atoms in total. The molecule has 0 radical (unpaired) electrons. The lowest BCUT2D eigenvalue weighted by molar-refractivity contribution is -0.148. The van der Waals surface area contributed by atoms with Gasteiger partial charge in [0.25, 0.3) is 0 Å². The first-order chi connectivity index (χ1) is 55.5. The van der Waals surface area contributed by atoms with Crippen molar-refractivity contribution in [2.24, 2.45) is 23.1 Å². The van der Waals surface area contributed by atoms with E-state index >= 15 is 0 Å². The summed E-state index contributed by atoms with van der Waals surface area (Å²) < 4.78 is 0. The predicted octanol–water partition coefficient (Wildman–Crippen LogP) is -7.04. The van der Waals surface area contributed by atoms with Crippen molar-refractivity contribution in [2.75, 3.05) is 62.8 Å². The summed E-state index contributed by atoms with van der Waals surface area (Å²) in [6, 6.07) is -4.85. The zero-order chi connectivity index (χ0) is 86.9. The molecule has 5 rings (SSSR count). The van der Waals surface area contributed by atoms with E-state index in [1.165, 1.54) is 28.5 Å². The highest BCUT2D eigenvalue weighted by molar-refractivity contribution is 7.98. The number of nitrogens with zero attached hydrogens (tertiary/aromatic N) is 2. The molecule has 646 valence electrons. The van der Waals surface area contributed by atoms with Crippen LogP contribution in [0.4, 0.5) is 0 Å². The number of carbonyl (C=O) groups excluding carboxylic acids is 16. The number of aliphatic hydroxyl groups is 3. The standard InChI is InChI=1S/C74H111N19O21S3/c1-37(2)58(70(109)87-51(35-115)62(101)79-32-56(98)81-38(3)72(111)93-26-15-22-54(93)73(112)92-25-14-21-53(92)68(107)88-52(36-116)74(113)114)89-64(103)46(20-12-13-24-75)84-71(110)60(40(5)96)91-66(105)48(28-41-16-8-7-9-17-41)82-57(99)33-80-69(108)59(39(4)95)90-67(106)50(34-94)86-65(104)49(30-55(77)97)85-63(102)47(23-27-117-6)83-61(100)44(76)29-42-31-78-45-19-11-10-18-43(42)45/h7-11,16-19,31,37-40,44,46-54,58-60,78,94-96,115-116H,12-15,20-30,32-36,75-76H2,1-6H3,(H2,77,97)(H,79,101)(H,80,108)(H,81,98)(H,82,99)(H,83,100)(H,84,110)(H,85,102)(H,86,104)(H,87,109)(H,88,107)(H,89,103)(H,90,106)(H,91,105)(H,113,114)/t38-,39+,40+,44-,46-,47-,48-,49-,50-,51-,52-,53-,54-,58-,59-,60-/m0/s1. The number of nitrogens with one attached hydrogen (secondary N) is 14. The van der Waals surface area contributed by atoms with E-state index in [-0.39, 0.29) is 76.1 Å². The average molecular weight is 1700 g/mol. The van der Waals surface area contributed by atoms with Crippen LogP contribution in [0.5, 0.6) is 0 Å². The highest BCUT2D eigenvalue weighted by atomic mass is 32.2. The molecule has 2 aliphatic rings. The van der Waals surface area contributed by atoms with Gasteiger partial charge in [-0.3, -0.25) is 76.7 Å². The summed E-state index contributed by atoms with van der Waals surface area (Å²) >= 11 is 9.54. The van der Waals surface area contributed by atoms with Crippen LogP contribution in [0.15, 0.2) is 60.8 Å². The van der Waals surface area contributed by atoms with Gasteiger partial charge in [0.05, 0.1) is 44.4 Å². The number of para-hydroxylation sites is 1. The number of hydrogen-bond acceptors (Lipinski definition) is 25. The van der Waals surface area contributed by atoms with E-state index in [9.17, 15) is 102 Å². The van der Waals surface area contributed by atoms with Crippen LogP contribution in [-0.2, 0) is 94.3 Å². The first-order valence-electron chi connectivity index (χ1n) is 38.2. The van der Waals surface area contributed by atoms with Crippen LogP contribution in [0.1, 0.15) is 104 Å². The normalized spacial score (nSPS) is 17.5. The van der Waals surface area contributed by atoms with E-state index in [2.05, 4.69) is 99.4 Å². The molecule has 3 heterocycles. The highest BCUT2D eigenvalue weighted by Gasteiger charge is 2.45. The number of hydrogen-bond donors (Lipinski definition) is 23. The number of carbonyl (C=O) groups is 17. The lowest BCUT2D eigenvalue weighted by atomic mass is 10.0. The zero-order valence-electron chi connectivity index (χ0n) is 65.9. The topological polar surface area (TPSA) is 628 Å². The molecule has 0 aliphatic carbocycles. The molecule has 2 fully saturated rings. The van der Waals surface area contributed by atoms with E-state index in [4.69, 9.17) is 17.2 Å². The number of aromatic amines is 1. The van der Waals surface area contributed by atoms with E-state index < -0.39 is 229 Å². The first kappa shape index (κ1) is 97.4. The third-order valence-corrected chi connectivity index (χ3v) is 20.7.